The van der Waals surface area contributed by atoms with Crippen molar-refractivity contribution in [3.63, 3.8) is 0 Å². The second-order valence-electron chi connectivity index (χ2n) is 7.75. The van der Waals surface area contributed by atoms with Gasteiger partial charge in [0, 0.05) is 16.6 Å². The number of hydrogen-bond acceptors (Lipinski definition) is 3. The highest BCUT2D eigenvalue weighted by molar-refractivity contribution is 7.85. The summed E-state index contributed by atoms with van der Waals surface area (Å²) < 4.78 is 13.4. The lowest BCUT2D eigenvalue weighted by Gasteiger charge is -2.24. The molecule has 2 amide bonds. The van der Waals surface area contributed by atoms with Gasteiger partial charge in [0.2, 0.25) is 0 Å². The van der Waals surface area contributed by atoms with Gasteiger partial charge < -0.3 is 10.2 Å². The summed E-state index contributed by atoms with van der Waals surface area (Å²) in [6.07, 6.45) is 0.801. The second kappa shape index (κ2) is 9.27. The maximum atomic E-state index is 13.6. The van der Waals surface area contributed by atoms with Crippen molar-refractivity contribution in [3.8, 4) is 0 Å². The summed E-state index contributed by atoms with van der Waals surface area (Å²) in [4.78, 5) is 28.9. The predicted octanol–water partition coefficient (Wildman–Crippen LogP) is 5.20. The predicted molar refractivity (Wildman–Crippen MR) is 127 cm³/mol. The molecule has 1 N–H and O–H groups in total. The Labute approximate surface area is 194 Å². The highest BCUT2D eigenvalue weighted by atomic mass is 35.5. The minimum Gasteiger partial charge on any atom is -0.350 e. The zero-order valence-electron chi connectivity index (χ0n) is 17.8. The van der Waals surface area contributed by atoms with Crippen LogP contribution < -0.4 is 10.2 Å². The van der Waals surface area contributed by atoms with Crippen molar-refractivity contribution < 1.29 is 13.8 Å². The van der Waals surface area contributed by atoms with E-state index in [9.17, 15) is 13.8 Å². The van der Waals surface area contributed by atoms with Gasteiger partial charge in [0.15, 0.2) is 0 Å². The smallest absolute Gasteiger partial charge is 0.259 e. The van der Waals surface area contributed by atoms with E-state index in [2.05, 4.69) is 5.32 Å². The lowest BCUT2D eigenvalue weighted by atomic mass is 10.1. The Balaban J connectivity index is 1.85. The monoisotopic (exact) mass is 466 g/mol. The molecule has 0 aromatic heterocycles. The maximum absolute atomic E-state index is 13.6. The van der Waals surface area contributed by atoms with Crippen LogP contribution in [0, 0.1) is 0 Å². The van der Waals surface area contributed by atoms with Crippen LogP contribution in [0.2, 0.25) is 5.02 Å². The summed E-state index contributed by atoms with van der Waals surface area (Å²) in [5.74, 6) is -0.503. The number of nitrogens with zero attached hydrogens (tertiary/aromatic N) is 1. The van der Waals surface area contributed by atoms with Gasteiger partial charge in [-0.2, -0.15) is 0 Å². The first-order valence-corrected chi connectivity index (χ1v) is 11.9. The van der Waals surface area contributed by atoms with E-state index in [-0.39, 0.29) is 24.4 Å². The SMILES string of the molecule is CC[C@H](C)NC(=O)c1ccc2c(c1)N(Cc1cccc(Cl)c1)C(=O)c1ccccc1[S@]2=O. The quantitative estimate of drug-likeness (QED) is 0.562. The molecule has 7 heteroatoms. The van der Waals surface area contributed by atoms with E-state index in [0.29, 0.717) is 31.6 Å². The van der Waals surface area contributed by atoms with Gasteiger partial charge in [-0.3, -0.25) is 9.59 Å². The highest BCUT2D eigenvalue weighted by Crippen LogP contribution is 2.36. The van der Waals surface area contributed by atoms with Crippen LogP contribution in [0.1, 0.15) is 46.5 Å². The third-order valence-corrected chi connectivity index (χ3v) is 7.23. The number of fused-ring (bicyclic) bond motifs is 2. The van der Waals surface area contributed by atoms with Crippen molar-refractivity contribution in [2.45, 2.75) is 42.6 Å². The summed E-state index contributed by atoms with van der Waals surface area (Å²) in [6, 6.07) is 19.2. The van der Waals surface area contributed by atoms with Crippen LogP contribution in [0.5, 0.6) is 0 Å². The van der Waals surface area contributed by atoms with E-state index >= 15 is 0 Å². The fourth-order valence-electron chi connectivity index (χ4n) is 3.59. The van der Waals surface area contributed by atoms with Gasteiger partial charge in [-0.1, -0.05) is 42.8 Å². The molecular weight excluding hydrogens is 444 g/mol. The molecular formula is C25H23ClN2O3S. The van der Waals surface area contributed by atoms with E-state index in [1.807, 2.05) is 26.0 Å². The average molecular weight is 467 g/mol. The van der Waals surface area contributed by atoms with Gasteiger partial charge >= 0.3 is 0 Å². The number of amides is 2. The molecule has 5 nitrogen and oxygen atoms in total. The fourth-order valence-corrected chi connectivity index (χ4v) is 5.15. The van der Waals surface area contributed by atoms with Crippen LogP contribution in [0.4, 0.5) is 5.69 Å². The van der Waals surface area contributed by atoms with Crippen molar-refractivity contribution in [3.05, 3.63) is 88.4 Å². The number of benzene rings is 3. The van der Waals surface area contributed by atoms with Gasteiger partial charge in [-0.15, -0.1) is 0 Å². The molecule has 1 heterocycles. The van der Waals surface area contributed by atoms with E-state index in [4.69, 9.17) is 11.6 Å². The van der Waals surface area contributed by atoms with E-state index in [0.717, 1.165) is 12.0 Å². The molecule has 2 atom stereocenters. The Morgan fingerprint density at radius 2 is 1.84 bits per heavy atom. The number of anilines is 1. The van der Waals surface area contributed by atoms with Crippen LogP contribution in [0.3, 0.4) is 0 Å². The first-order chi connectivity index (χ1) is 15.4. The number of halogens is 1. The number of nitrogens with one attached hydrogen (secondary N) is 1. The van der Waals surface area contributed by atoms with Crippen molar-refractivity contribution in [1.29, 1.82) is 0 Å². The van der Waals surface area contributed by atoms with E-state index in [1.165, 1.54) is 0 Å². The molecule has 0 unspecified atom stereocenters. The van der Waals surface area contributed by atoms with Crippen LogP contribution in [-0.4, -0.2) is 22.1 Å². The molecule has 0 fully saturated rings. The second-order valence-corrected chi connectivity index (χ2v) is 9.60. The normalized spacial score (nSPS) is 16.0. The zero-order valence-corrected chi connectivity index (χ0v) is 19.4. The Bertz CT molecular complexity index is 1230. The molecule has 3 aromatic carbocycles. The summed E-state index contributed by atoms with van der Waals surface area (Å²) in [5.41, 5.74) is 2.09. The number of hydrogen-bond donors (Lipinski definition) is 1. The van der Waals surface area contributed by atoms with Crippen molar-refractivity contribution in [2.24, 2.45) is 0 Å². The fraction of sp³-hybridized carbons (Fsp3) is 0.200. The molecule has 0 aliphatic carbocycles. The van der Waals surface area contributed by atoms with Crippen molar-refractivity contribution in [1.82, 2.24) is 5.32 Å². The van der Waals surface area contributed by atoms with Crippen LogP contribution in [0.25, 0.3) is 0 Å². The molecule has 0 saturated heterocycles. The summed E-state index contributed by atoms with van der Waals surface area (Å²) in [7, 11) is -1.57. The first kappa shape index (κ1) is 22.2. The average Bonchev–Trinajstić information content (AvgIpc) is 2.88. The molecule has 1 aliphatic rings. The lowest BCUT2D eigenvalue weighted by molar-refractivity contribution is 0.0936. The summed E-state index contributed by atoms with van der Waals surface area (Å²) in [5, 5.41) is 3.51. The maximum Gasteiger partial charge on any atom is 0.259 e. The molecule has 0 bridgehead atoms. The van der Waals surface area contributed by atoms with E-state index in [1.54, 1.807) is 59.5 Å². The Kier molecular flexibility index (Phi) is 6.44. The van der Waals surface area contributed by atoms with Gasteiger partial charge in [0.1, 0.15) is 0 Å². The third kappa shape index (κ3) is 4.33. The number of rotatable bonds is 5. The van der Waals surface area contributed by atoms with Crippen LogP contribution in [0.15, 0.2) is 76.5 Å². The molecule has 0 spiro atoms. The molecule has 32 heavy (non-hydrogen) atoms. The van der Waals surface area contributed by atoms with E-state index < -0.39 is 10.8 Å². The molecule has 164 valence electrons. The first-order valence-electron chi connectivity index (χ1n) is 10.4. The van der Waals surface area contributed by atoms with Crippen LogP contribution >= 0.6 is 11.6 Å². The zero-order chi connectivity index (χ0) is 22.8. The highest BCUT2D eigenvalue weighted by Gasteiger charge is 2.31. The lowest BCUT2D eigenvalue weighted by Crippen LogP contribution is -2.33. The molecule has 0 saturated carbocycles. The van der Waals surface area contributed by atoms with Gasteiger partial charge in [0.25, 0.3) is 11.8 Å². The van der Waals surface area contributed by atoms with Gasteiger partial charge in [-0.05, 0) is 61.4 Å². The van der Waals surface area contributed by atoms with Crippen molar-refractivity contribution in [2.75, 3.05) is 4.90 Å². The molecule has 4 rings (SSSR count). The minimum absolute atomic E-state index is 0.0175. The topological polar surface area (TPSA) is 66.5 Å². The number of carbonyl (C=O) groups is 2. The minimum atomic E-state index is -1.57. The Morgan fingerprint density at radius 3 is 2.59 bits per heavy atom. The largest absolute Gasteiger partial charge is 0.350 e. The van der Waals surface area contributed by atoms with Gasteiger partial charge in [0.05, 0.1) is 38.4 Å². The Morgan fingerprint density at radius 1 is 1.06 bits per heavy atom. The number of carbonyl (C=O) groups excluding carboxylic acids is 2. The summed E-state index contributed by atoms with van der Waals surface area (Å²) >= 11 is 6.16. The van der Waals surface area contributed by atoms with Crippen LogP contribution in [-0.2, 0) is 17.3 Å². The molecule has 0 radical (unpaired) electrons. The molecule has 1 aliphatic heterocycles. The standard InChI is InChI=1S/C25H23ClN2O3S/c1-3-16(2)27-24(29)18-11-12-23-21(14-18)28(15-17-7-6-8-19(26)13-17)25(30)20-9-4-5-10-22(20)32(23)31/h4-14,16H,3,15H2,1-2H3,(H,27,29)/t16-,32+/m0/s1. The van der Waals surface area contributed by atoms with Crippen molar-refractivity contribution >= 4 is 39.9 Å². The molecule has 3 aromatic rings. The van der Waals surface area contributed by atoms with Gasteiger partial charge in [-0.25, -0.2) is 4.21 Å². The Hall–Kier alpha value is -2.96. The third-order valence-electron chi connectivity index (χ3n) is 5.49. The summed E-state index contributed by atoms with van der Waals surface area (Å²) in [6.45, 7) is 4.16.